The van der Waals surface area contributed by atoms with Crippen LogP contribution in [0.3, 0.4) is 0 Å². The summed E-state index contributed by atoms with van der Waals surface area (Å²) >= 11 is 0. The molecule has 0 aliphatic heterocycles. The van der Waals surface area contributed by atoms with Gasteiger partial charge in [-0.2, -0.15) is 4.31 Å². The Bertz CT molecular complexity index is 519. The van der Waals surface area contributed by atoms with Crippen LogP contribution < -0.4 is 5.73 Å². The summed E-state index contributed by atoms with van der Waals surface area (Å²) in [5.74, 6) is 0. The third-order valence-corrected chi connectivity index (χ3v) is 5.65. The molecule has 6 heteroatoms. The number of sulfonamides is 1. The molecule has 0 fully saturated rings. The quantitative estimate of drug-likeness (QED) is 0.751. The van der Waals surface area contributed by atoms with E-state index < -0.39 is 10.0 Å². The summed E-state index contributed by atoms with van der Waals surface area (Å²) < 4.78 is 27.1. The number of nitrogen functional groups attached to an aromatic ring is 1. The molecule has 0 spiro atoms. The Morgan fingerprint density at radius 3 is 2.35 bits per heavy atom. The fraction of sp³-hybridized carbons (Fsp3) is 0.571. The van der Waals surface area contributed by atoms with Crippen molar-refractivity contribution in [3.8, 4) is 0 Å². The first-order chi connectivity index (χ1) is 9.39. The van der Waals surface area contributed by atoms with Crippen molar-refractivity contribution in [1.82, 2.24) is 4.31 Å². The molecule has 0 bridgehead atoms. The standard InChI is InChI=1S/C14H24N2O3S/c1-4-12(5-2)16(9-10-17)20(18,19)14-11(3)7-6-8-13(14)15/h6-8,12,17H,4-5,9-10,15H2,1-3H3. The number of rotatable bonds is 7. The number of nitrogens with two attached hydrogens (primary N) is 1. The summed E-state index contributed by atoms with van der Waals surface area (Å²) in [6.07, 6.45) is 1.39. The number of nitrogens with zero attached hydrogens (tertiary/aromatic N) is 1. The zero-order valence-electron chi connectivity index (χ0n) is 12.3. The number of benzene rings is 1. The van der Waals surface area contributed by atoms with E-state index in [4.69, 9.17) is 5.73 Å². The molecule has 0 amide bonds. The van der Waals surface area contributed by atoms with Crippen molar-refractivity contribution < 1.29 is 13.5 Å². The monoisotopic (exact) mass is 300 g/mol. The second kappa shape index (κ2) is 7.06. The lowest BCUT2D eigenvalue weighted by Gasteiger charge is -2.30. The fourth-order valence-electron chi connectivity index (χ4n) is 2.44. The SMILES string of the molecule is CCC(CC)N(CCO)S(=O)(=O)c1c(C)cccc1N. The molecule has 0 saturated heterocycles. The van der Waals surface area contributed by atoms with Gasteiger partial charge in [0.15, 0.2) is 0 Å². The molecule has 5 nitrogen and oxygen atoms in total. The van der Waals surface area contributed by atoms with Crippen LogP contribution in [0.15, 0.2) is 23.1 Å². The van der Waals surface area contributed by atoms with Crippen LogP contribution in [0.1, 0.15) is 32.3 Å². The third kappa shape index (κ3) is 3.31. The van der Waals surface area contributed by atoms with Crippen molar-refractivity contribution in [3.63, 3.8) is 0 Å². The van der Waals surface area contributed by atoms with E-state index in [2.05, 4.69) is 0 Å². The van der Waals surface area contributed by atoms with E-state index in [1.54, 1.807) is 25.1 Å². The highest BCUT2D eigenvalue weighted by molar-refractivity contribution is 7.89. The molecule has 0 saturated carbocycles. The normalized spacial score (nSPS) is 12.3. The van der Waals surface area contributed by atoms with Gasteiger partial charge in [0.25, 0.3) is 0 Å². The molecular formula is C14H24N2O3S. The van der Waals surface area contributed by atoms with Crippen LogP contribution in [0.4, 0.5) is 5.69 Å². The van der Waals surface area contributed by atoms with E-state index in [1.807, 2.05) is 13.8 Å². The van der Waals surface area contributed by atoms with E-state index in [-0.39, 0.29) is 29.8 Å². The fourth-order valence-corrected chi connectivity index (χ4v) is 4.53. The lowest BCUT2D eigenvalue weighted by molar-refractivity contribution is 0.219. The minimum atomic E-state index is -3.70. The van der Waals surface area contributed by atoms with Crippen molar-refractivity contribution in [2.75, 3.05) is 18.9 Å². The van der Waals surface area contributed by atoms with E-state index in [0.717, 1.165) is 0 Å². The minimum absolute atomic E-state index is 0.0858. The van der Waals surface area contributed by atoms with Crippen LogP contribution in [0.5, 0.6) is 0 Å². The second-order valence-corrected chi connectivity index (χ2v) is 6.63. The van der Waals surface area contributed by atoms with Crippen molar-refractivity contribution in [2.24, 2.45) is 0 Å². The molecular weight excluding hydrogens is 276 g/mol. The van der Waals surface area contributed by atoms with E-state index >= 15 is 0 Å². The Balaban J connectivity index is 3.37. The highest BCUT2D eigenvalue weighted by Gasteiger charge is 2.31. The Kier molecular flexibility index (Phi) is 5.98. The molecule has 0 unspecified atom stereocenters. The molecule has 20 heavy (non-hydrogen) atoms. The molecule has 3 N–H and O–H groups in total. The smallest absolute Gasteiger partial charge is 0.245 e. The molecule has 0 aliphatic carbocycles. The van der Waals surface area contributed by atoms with Crippen molar-refractivity contribution >= 4 is 15.7 Å². The average molecular weight is 300 g/mol. The number of aliphatic hydroxyl groups is 1. The Morgan fingerprint density at radius 2 is 1.90 bits per heavy atom. The van der Waals surface area contributed by atoms with E-state index in [0.29, 0.717) is 18.4 Å². The molecule has 1 aromatic carbocycles. The predicted molar refractivity (Wildman–Crippen MR) is 80.9 cm³/mol. The van der Waals surface area contributed by atoms with Crippen LogP contribution >= 0.6 is 0 Å². The lowest BCUT2D eigenvalue weighted by atomic mass is 10.2. The highest BCUT2D eigenvalue weighted by Crippen LogP contribution is 2.28. The van der Waals surface area contributed by atoms with Crippen LogP contribution in [0, 0.1) is 6.92 Å². The number of hydrogen-bond acceptors (Lipinski definition) is 4. The van der Waals surface area contributed by atoms with Crippen LogP contribution in [-0.2, 0) is 10.0 Å². The zero-order valence-corrected chi connectivity index (χ0v) is 13.2. The number of aliphatic hydroxyl groups excluding tert-OH is 1. The molecule has 0 radical (unpaired) electrons. The molecule has 0 heterocycles. The summed E-state index contributed by atoms with van der Waals surface area (Å²) in [6.45, 7) is 5.49. The van der Waals surface area contributed by atoms with Crippen LogP contribution in [0.25, 0.3) is 0 Å². The Hall–Kier alpha value is -1.11. The predicted octanol–water partition coefficient (Wildman–Crippen LogP) is 1.75. The number of hydrogen-bond donors (Lipinski definition) is 2. The van der Waals surface area contributed by atoms with Gasteiger partial charge in [0.1, 0.15) is 4.90 Å². The zero-order chi connectivity index (χ0) is 15.3. The largest absolute Gasteiger partial charge is 0.398 e. The van der Waals surface area contributed by atoms with Gasteiger partial charge in [0.05, 0.1) is 12.3 Å². The van der Waals surface area contributed by atoms with Gasteiger partial charge in [-0.1, -0.05) is 26.0 Å². The van der Waals surface area contributed by atoms with Gasteiger partial charge in [-0.05, 0) is 31.4 Å². The van der Waals surface area contributed by atoms with Gasteiger partial charge in [-0.3, -0.25) is 0 Å². The average Bonchev–Trinajstić information content (AvgIpc) is 2.38. The van der Waals surface area contributed by atoms with Gasteiger partial charge in [-0.15, -0.1) is 0 Å². The summed E-state index contributed by atoms with van der Waals surface area (Å²) in [6, 6.07) is 4.92. The first-order valence-electron chi connectivity index (χ1n) is 6.87. The molecule has 0 aromatic heterocycles. The summed E-state index contributed by atoms with van der Waals surface area (Å²) in [5.41, 5.74) is 6.73. The molecule has 1 aromatic rings. The Labute approximate surface area is 121 Å². The van der Waals surface area contributed by atoms with Crippen LogP contribution in [0.2, 0.25) is 0 Å². The van der Waals surface area contributed by atoms with Gasteiger partial charge in [0, 0.05) is 12.6 Å². The highest BCUT2D eigenvalue weighted by atomic mass is 32.2. The first-order valence-corrected chi connectivity index (χ1v) is 8.31. The van der Waals surface area contributed by atoms with E-state index in [1.165, 1.54) is 4.31 Å². The summed E-state index contributed by atoms with van der Waals surface area (Å²) in [5, 5.41) is 9.19. The van der Waals surface area contributed by atoms with Gasteiger partial charge >= 0.3 is 0 Å². The van der Waals surface area contributed by atoms with Gasteiger partial charge < -0.3 is 10.8 Å². The van der Waals surface area contributed by atoms with Gasteiger partial charge in [-0.25, -0.2) is 8.42 Å². The summed E-state index contributed by atoms with van der Waals surface area (Å²) in [4.78, 5) is 0.153. The van der Waals surface area contributed by atoms with Crippen molar-refractivity contribution in [3.05, 3.63) is 23.8 Å². The maximum absolute atomic E-state index is 12.9. The second-order valence-electron chi connectivity index (χ2n) is 4.80. The molecule has 0 atom stereocenters. The van der Waals surface area contributed by atoms with Crippen LogP contribution in [-0.4, -0.2) is 37.0 Å². The number of aryl methyl sites for hydroxylation is 1. The number of anilines is 1. The van der Waals surface area contributed by atoms with Crippen molar-refractivity contribution in [2.45, 2.75) is 44.6 Å². The maximum atomic E-state index is 12.9. The molecule has 1 rings (SSSR count). The summed E-state index contributed by atoms with van der Waals surface area (Å²) in [7, 11) is -3.70. The first kappa shape index (κ1) is 16.9. The topological polar surface area (TPSA) is 83.6 Å². The lowest BCUT2D eigenvalue weighted by Crippen LogP contribution is -2.42. The van der Waals surface area contributed by atoms with Gasteiger partial charge in [0.2, 0.25) is 10.0 Å². The maximum Gasteiger partial charge on any atom is 0.245 e. The molecule has 0 aliphatic rings. The van der Waals surface area contributed by atoms with E-state index in [9.17, 15) is 13.5 Å². The minimum Gasteiger partial charge on any atom is -0.398 e. The van der Waals surface area contributed by atoms with Crippen molar-refractivity contribution in [1.29, 1.82) is 0 Å². The third-order valence-electron chi connectivity index (χ3n) is 3.48. The Morgan fingerprint density at radius 1 is 1.30 bits per heavy atom. The molecule has 114 valence electrons.